The van der Waals surface area contributed by atoms with Gasteiger partial charge in [-0.25, -0.2) is 12.8 Å². The number of nitro benzene ring substituents is 1. The van der Waals surface area contributed by atoms with E-state index < -0.39 is 20.8 Å². The zero-order valence-electron chi connectivity index (χ0n) is 14.2. The van der Waals surface area contributed by atoms with Crippen molar-refractivity contribution in [2.24, 2.45) is 0 Å². The fourth-order valence-corrected chi connectivity index (χ4v) is 3.86. The van der Waals surface area contributed by atoms with Gasteiger partial charge in [0.05, 0.1) is 29.2 Å². The van der Waals surface area contributed by atoms with E-state index in [-0.39, 0.29) is 28.6 Å². The monoisotopic (exact) mass is 380 g/mol. The van der Waals surface area contributed by atoms with E-state index in [1.807, 2.05) is 0 Å². The van der Waals surface area contributed by atoms with Crippen LogP contribution in [0.4, 0.5) is 15.8 Å². The highest BCUT2D eigenvalue weighted by Crippen LogP contribution is 2.31. The molecule has 0 fully saturated rings. The van der Waals surface area contributed by atoms with Crippen LogP contribution in [0.25, 0.3) is 0 Å². The number of non-ortho nitro benzene ring substituents is 1. The van der Waals surface area contributed by atoms with Crippen molar-refractivity contribution in [2.75, 3.05) is 18.0 Å². The van der Waals surface area contributed by atoms with Crippen LogP contribution in [0.3, 0.4) is 0 Å². The molecule has 0 amide bonds. The number of anilines is 1. The highest BCUT2D eigenvalue weighted by Gasteiger charge is 2.27. The number of methoxy groups -OCH3 is 1. The smallest absolute Gasteiger partial charge is 0.271 e. The third kappa shape index (κ3) is 3.67. The maximum atomic E-state index is 14.0. The largest absolute Gasteiger partial charge is 0.494 e. The van der Waals surface area contributed by atoms with Gasteiger partial charge >= 0.3 is 0 Å². The Bertz CT molecular complexity index is 960. The van der Waals surface area contributed by atoms with Gasteiger partial charge in [-0.2, -0.15) is 0 Å². The SMILES string of the molecule is C=CCN(c1cc([N+](=O)[O-])ccc1C)S(=O)(=O)c1ccc(OC)c(F)c1. The summed E-state index contributed by atoms with van der Waals surface area (Å²) in [5.74, 6) is -0.923. The first-order chi connectivity index (χ1) is 12.2. The van der Waals surface area contributed by atoms with E-state index in [0.717, 1.165) is 16.4 Å². The lowest BCUT2D eigenvalue weighted by atomic mass is 10.2. The van der Waals surface area contributed by atoms with E-state index in [4.69, 9.17) is 4.74 Å². The molecule has 2 aromatic carbocycles. The predicted octanol–water partition coefficient (Wildman–Crippen LogP) is 3.43. The second kappa shape index (κ2) is 7.52. The Morgan fingerprint density at radius 2 is 2.00 bits per heavy atom. The quantitative estimate of drug-likeness (QED) is 0.417. The summed E-state index contributed by atoms with van der Waals surface area (Å²) >= 11 is 0. The Hall–Kier alpha value is -2.94. The molecule has 9 heteroatoms. The molecule has 0 saturated heterocycles. The van der Waals surface area contributed by atoms with Crippen LogP contribution in [-0.4, -0.2) is 27.0 Å². The Balaban J connectivity index is 2.62. The molecule has 0 spiro atoms. The van der Waals surface area contributed by atoms with Crippen LogP contribution in [0.2, 0.25) is 0 Å². The van der Waals surface area contributed by atoms with Crippen molar-refractivity contribution in [3.05, 3.63) is 70.5 Å². The van der Waals surface area contributed by atoms with E-state index in [1.165, 1.54) is 37.5 Å². The third-order valence-corrected chi connectivity index (χ3v) is 5.45. The molecule has 2 aromatic rings. The molecule has 0 atom stereocenters. The van der Waals surface area contributed by atoms with Gasteiger partial charge in [-0.3, -0.25) is 14.4 Å². The number of aryl methyl sites for hydroxylation is 1. The highest BCUT2D eigenvalue weighted by molar-refractivity contribution is 7.92. The first-order valence-electron chi connectivity index (χ1n) is 7.44. The first-order valence-corrected chi connectivity index (χ1v) is 8.88. The van der Waals surface area contributed by atoms with E-state index in [1.54, 1.807) is 6.92 Å². The molecule has 0 bridgehead atoms. The van der Waals surface area contributed by atoms with Crippen LogP contribution in [0.1, 0.15) is 5.56 Å². The van der Waals surface area contributed by atoms with Crippen LogP contribution in [-0.2, 0) is 10.0 Å². The Labute approximate surface area is 150 Å². The van der Waals surface area contributed by atoms with Crippen molar-refractivity contribution in [3.63, 3.8) is 0 Å². The van der Waals surface area contributed by atoms with Gasteiger partial charge < -0.3 is 4.74 Å². The second-order valence-electron chi connectivity index (χ2n) is 5.35. The normalized spacial score (nSPS) is 11.0. The Morgan fingerprint density at radius 1 is 1.31 bits per heavy atom. The van der Waals surface area contributed by atoms with Gasteiger partial charge in [0.25, 0.3) is 15.7 Å². The molecule has 0 unspecified atom stereocenters. The van der Waals surface area contributed by atoms with E-state index in [9.17, 15) is 22.9 Å². The number of hydrogen-bond acceptors (Lipinski definition) is 5. The summed E-state index contributed by atoms with van der Waals surface area (Å²) in [6, 6.07) is 7.15. The van der Waals surface area contributed by atoms with Gasteiger partial charge in [-0.1, -0.05) is 12.1 Å². The number of nitro groups is 1. The number of hydrogen-bond donors (Lipinski definition) is 0. The molecule has 0 heterocycles. The molecule has 0 aliphatic carbocycles. The van der Waals surface area contributed by atoms with Crippen LogP contribution in [0.15, 0.2) is 53.9 Å². The summed E-state index contributed by atoms with van der Waals surface area (Å²) in [5, 5.41) is 11.0. The maximum Gasteiger partial charge on any atom is 0.271 e. The van der Waals surface area contributed by atoms with Crippen molar-refractivity contribution >= 4 is 21.4 Å². The summed E-state index contributed by atoms with van der Waals surface area (Å²) < 4.78 is 45.7. The standard InChI is InChI=1S/C17H17FN2O5S/c1-4-9-19(16-10-13(20(21)22)6-5-12(16)2)26(23,24)14-7-8-17(25-3)15(18)11-14/h4-8,10-11H,1,9H2,2-3H3. The summed E-state index contributed by atoms with van der Waals surface area (Å²) in [6.07, 6.45) is 1.34. The van der Waals surface area contributed by atoms with E-state index in [0.29, 0.717) is 5.56 Å². The molecular weight excluding hydrogens is 363 g/mol. The van der Waals surface area contributed by atoms with Crippen LogP contribution in [0, 0.1) is 22.9 Å². The van der Waals surface area contributed by atoms with Gasteiger partial charge in [0.2, 0.25) is 0 Å². The van der Waals surface area contributed by atoms with Crippen LogP contribution < -0.4 is 9.04 Å². The van der Waals surface area contributed by atoms with Crippen molar-refractivity contribution in [2.45, 2.75) is 11.8 Å². The highest BCUT2D eigenvalue weighted by atomic mass is 32.2. The number of ether oxygens (including phenoxy) is 1. The Morgan fingerprint density at radius 3 is 2.54 bits per heavy atom. The lowest BCUT2D eigenvalue weighted by molar-refractivity contribution is -0.384. The van der Waals surface area contributed by atoms with Gasteiger partial charge in [-0.15, -0.1) is 6.58 Å². The molecule has 0 N–H and O–H groups in total. The summed E-state index contributed by atoms with van der Waals surface area (Å²) in [5.41, 5.74) is 0.376. The number of halogens is 1. The molecule has 0 aliphatic heterocycles. The molecule has 2 rings (SSSR count). The summed E-state index contributed by atoms with van der Waals surface area (Å²) in [6.45, 7) is 5.01. The van der Waals surface area contributed by atoms with Crippen molar-refractivity contribution < 1.29 is 22.5 Å². The summed E-state index contributed by atoms with van der Waals surface area (Å²) in [7, 11) is -2.92. The van der Waals surface area contributed by atoms with E-state index >= 15 is 0 Å². The molecule has 7 nitrogen and oxygen atoms in total. The number of rotatable bonds is 7. The van der Waals surface area contributed by atoms with Crippen molar-refractivity contribution in [1.29, 1.82) is 0 Å². The zero-order chi connectivity index (χ0) is 19.5. The number of sulfonamides is 1. The lowest BCUT2D eigenvalue weighted by Crippen LogP contribution is -2.32. The van der Waals surface area contributed by atoms with Gasteiger partial charge in [0.15, 0.2) is 11.6 Å². The first kappa shape index (κ1) is 19.4. The maximum absolute atomic E-state index is 14.0. The molecule has 26 heavy (non-hydrogen) atoms. The molecular formula is C17H17FN2O5S. The molecule has 0 saturated carbocycles. The minimum Gasteiger partial charge on any atom is -0.494 e. The third-order valence-electron chi connectivity index (χ3n) is 3.68. The number of benzene rings is 2. The minimum absolute atomic E-state index is 0.0919. The lowest BCUT2D eigenvalue weighted by Gasteiger charge is -2.24. The molecule has 0 radical (unpaired) electrons. The molecule has 138 valence electrons. The van der Waals surface area contributed by atoms with Crippen LogP contribution >= 0.6 is 0 Å². The topological polar surface area (TPSA) is 89.8 Å². The fourth-order valence-electron chi connectivity index (χ4n) is 2.36. The summed E-state index contributed by atoms with van der Waals surface area (Å²) in [4.78, 5) is 10.1. The molecule has 0 aliphatic rings. The van der Waals surface area contributed by atoms with Crippen molar-refractivity contribution in [1.82, 2.24) is 0 Å². The average Bonchev–Trinajstić information content (AvgIpc) is 2.60. The van der Waals surface area contributed by atoms with Gasteiger partial charge in [0.1, 0.15) is 0 Å². The zero-order valence-corrected chi connectivity index (χ0v) is 15.0. The fraction of sp³-hybridized carbons (Fsp3) is 0.176. The van der Waals surface area contributed by atoms with Gasteiger partial charge in [-0.05, 0) is 30.7 Å². The van der Waals surface area contributed by atoms with E-state index in [2.05, 4.69) is 6.58 Å². The molecule has 0 aromatic heterocycles. The predicted molar refractivity (Wildman–Crippen MR) is 95.5 cm³/mol. The second-order valence-corrected chi connectivity index (χ2v) is 7.21. The van der Waals surface area contributed by atoms with Crippen LogP contribution in [0.5, 0.6) is 5.75 Å². The Kier molecular flexibility index (Phi) is 5.61. The van der Waals surface area contributed by atoms with Gasteiger partial charge in [0, 0.05) is 12.1 Å². The van der Waals surface area contributed by atoms with Crippen molar-refractivity contribution in [3.8, 4) is 5.75 Å². The minimum atomic E-state index is -4.18. The average molecular weight is 380 g/mol. The number of nitrogens with zero attached hydrogens (tertiary/aromatic N) is 2.